The molecule has 1 aromatic rings. The average Bonchev–Trinajstić information content (AvgIpc) is 2.67. The van der Waals surface area contributed by atoms with Gasteiger partial charge in [-0.1, -0.05) is 0 Å². The van der Waals surface area contributed by atoms with Gasteiger partial charge in [0.05, 0.1) is 0 Å². The zero-order chi connectivity index (χ0) is 19.7. The predicted octanol–water partition coefficient (Wildman–Crippen LogP) is 0.704. The van der Waals surface area contributed by atoms with Gasteiger partial charge in [-0.25, -0.2) is 12.8 Å². The molecule has 9 heteroatoms. The predicted molar refractivity (Wildman–Crippen MR) is 96.5 cm³/mol. The number of hydrogen-bond acceptors (Lipinski definition) is 5. The van der Waals surface area contributed by atoms with Crippen LogP contribution in [0.3, 0.4) is 0 Å². The maximum Gasteiger partial charge on any atom is 0.253 e. The van der Waals surface area contributed by atoms with E-state index in [2.05, 4.69) is 0 Å². The first kappa shape index (κ1) is 19.8. The van der Waals surface area contributed by atoms with Gasteiger partial charge in [0, 0.05) is 51.2 Å². The summed E-state index contributed by atoms with van der Waals surface area (Å²) < 4.78 is 41.6. The van der Waals surface area contributed by atoms with Crippen LogP contribution in [0.25, 0.3) is 0 Å². The molecule has 3 rings (SSSR count). The minimum Gasteiger partial charge on any atom is -0.381 e. The lowest BCUT2D eigenvalue weighted by molar-refractivity contribution is -0.138. The van der Waals surface area contributed by atoms with Crippen LogP contribution in [-0.4, -0.2) is 80.4 Å². The summed E-state index contributed by atoms with van der Waals surface area (Å²) in [6.07, 6.45) is 1.41. The number of carbonyl (C=O) groups excluding carboxylic acids is 2. The fraction of sp³-hybridized carbons (Fsp3) is 0.556. The van der Waals surface area contributed by atoms with Gasteiger partial charge in [0.25, 0.3) is 5.91 Å². The smallest absolute Gasteiger partial charge is 0.253 e. The van der Waals surface area contributed by atoms with E-state index in [4.69, 9.17) is 4.74 Å². The van der Waals surface area contributed by atoms with Crippen LogP contribution in [0.5, 0.6) is 0 Å². The molecule has 0 spiro atoms. The van der Waals surface area contributed by atoms with Crippen LogP contribution in [0, 0.1) is 5.82 Å². The zero-order valence-corrected chi connectivity index (χ0v) is 16.0. The fourth-order valence-electron chi connectivity index (χ4n) is 3.62. The highest BCUT2D eigenvalue weighted by molar-refractivity contribution is 7.92. The maximum absolute atomic E-state index is 13.1. The molecule has 2 aliphatic rings. The van der Waals surface area contributed by atoms with E-state index in [0.29, 0.717) is 18.7 Å². The van der Waals surface area contributed by atoms with Gasteiger partial charge in [0.1, 0.15) is 5.82 Å². The van der Waals surface area contributed by atoms with E-state index in [9.17, 15) is 22.4 Å². The fourth-order valence-corrected chi connectivity index (χ4v) is 4.97. The third kappa shape index (κ3) is 3.84. The van der Waals surface area contributed by atoms with E-state index >= 15 is 0 Å². The third-order valence-corrected chi connectivity index (χ3v) is 7.35. The number of benzene rings is 1. The summed E-state index contributed by atoms with van der Waals surface area (Å²) in [7, 11) is -3.60. The molecule has 0 aromatic heterocycles. The summed E-state index contributed by atoms with van der Waals surface area (Å²) >= 11 is 0. The summed E-state index contributed by atoms with van der Waals surface area (Å²) in [5, 5.41) is 0. The van der Waals surface area contributed by atoms with Gasteiger partial charge >= 0.3 is 0 Å². The average molecular weight is 398 g/mol. The van der Waals surface area contributed by atoms with E-state index in [0.717, 1.165) is 6.26 Å². The first-order valence-corrected chi connectivity index (χ1v) is 10.8. The second-order valence-corrected chi connectivity index (χ2v) is 9.30. The van der Waals surface area contributed by atoms with Crippen LogP contribution >= 0.6 is 0 Å². The van der Waals surface area contributed by atoms with E-state index in [1.807, 2.05) is 0 Å². The van der Waals surface area contributed by atoms with Gasteiger partial charge < -0.3 is 14.5 Å². The van der Waals surface area contributed by atoms with Gasteiger partial charge in [-0.2, -0.15) is 0 Å². The number of ether oxygens (including phenoxy) is 1. The highest BCUT2D eigenvalue weighted by Gasteiger charge is 2.51. The lowest BCUT2D eigenvalue weighted by atomic mass is 9.96. The Balaban J connectivity index is 1.68. The summed E-state index contributed by atoms with van der Waals surface area (Å²) in [6, 6.07) is 5.31. The summed E-state index contributed by atoms with van der Waals surface area (Å²) in [5.74, 6) is -1.04. The van der Waals surface area contributed by atoms with Crippen molar-refractivity contribution in [2.75, 3.05) is 45.6 Å². The van der Waals surface area contributed by atoms with Gasteiger partial charge in [-0.3, -0.25) is 9.59 Å². The number of nitrogens with zero attached hydrogens (tertiary/aromatic N) is 2. The SMILES string of the molecule is CS(=O)(=O)C1(C(=O)N2CCN(C(=O)c3ccc(F)cc3)CC2)CCOCC1. The number of sulfone groups is 1. The third-order valence-electron chi connectivity index (χ3n) is 5.35. The second kappa shape index (κ2) is 7.55. The van der Waals surface area contributed by atoms with Crippen molar-refractivity contribution in [1.29, 1.82) is 0 Å². The van der Waals surface area contributed by atoms with Crippen LogP contribution in [0.1, 0.15) is 23.2 Å². The molecule has 2 aliphatic heterocycles. The Labute approximate surface area is 158 Å². The molecule has 0 aliphatic carbocycles. The Morgan fingerprint density at radius 3 is 2.04 bits per heavy atom. The minimum absolute atomic E-state index is 0.152. The summed E-state index contributed by atoms with van der Waals surface area (Å²) in [6.45, 7) is 1.62. The first-order valence-electron chi connectivity index (χ1n) is 8.86. The standard InChI is InChI=1S/C18H23FN2O5S/c1-27(24,25)18(6-12-26-13-7-18)17(23)21-10-8-20(9-11-21)16(22)14-2-4-15(19)5-3-14/h2-5H,6-13H2,1H3. The van der Waals surface area contributed by atoms with E-state index in [1.54, 1.807) is 4.90 Å². The molecule has 0 bridgehead atoms. The topological polar surface area (TPSA) is 84.0 Å². The van der Waals surface area contributed by atoms with E-state index in [-0.39, 0.29) is 45.1 Å². The molecule has 7 nitrogen and oxygen atoms in total. The molecule has 0 unspecified atom stereocenters. The summed E-state index contributed by atoms with van der Waals surface area (Å²) in [5.41, 5.74) is 0.383. The zero-order valence-electron chi connectivity index (χ0n) is 15.2. The molecule has 2 amide bonds. The van der Waals surface area contributed by atoms with Crippen molar-refractivity contribution in [1.82, 2.24) is 9.80 Å². The van der Waals surface area contributed by atoms with Gasteiger partial charge in [-0.05, 0) is 37.1 Å². The normalized spacial score (nSPS) is 20.4. The molecular weight excluding hydrogens is 375 g/mol. The van der Waals surface area contributed by atoms with Crippen LogP contribution in [0.2, 0.25) is 0 Å². The van der Waals surface area contributed by atoms with Gasteiger partial charge in [-0.15, -0.1) is 0 Å². The summed E-state index contributed by atoms with van der Waals surface area (Å²) in [4.78, 5) is 28.7. The number of piperazine rings is 1. The quantitative estimate of drug-likeness (QED) is 0.749. The first-order chi connectivity index (χ1) is 12.7. The van der Waals surface area contributed by atoms with Crippen LogP contribution in [-0.2, 0) is 19.4 Å². The van der Waals surface area contributed by atoms with Crippen molar-refractivity contribution in [3.05, 3.63) is 35.6 Å². The monoisotopic (exact) mass is 398 g/mol. The van der Waals surface area contributed by atoms with Crippen molar-refractivity contribution in [2.24, 2.45) is 0 Å². The largest absolute Gasteiger partial charge is 0.381 e. The Hall–Kier alpha value is -2.00. The number of hydrogen-bond donors (Lipinski definition) is 0. The van der Waals surface area contributed by atoms with Crippen LogP contribution in [0.4, 0.5) is 4.39 Å². The second-order valence-electron chi connectivity index (χ2n) is 6.97. The van der Waals surface area contributed by atoms with Crippen molar-refractivity contribution < 1.29 is 27.1 Å². The van der Waals surface area contributed by atoms with Crippen molar-refractivity contribution >= 4 is 21.7 Å². The van der Waals surface area contributed by atoms with Crippen LogP contribution in [0.15, 0.2) is 24.3 Å². The Morgan fingerprint density at radius 1 is 1.00 bits per heavy atom. The van der Waals surface area contributed by atoms with Gasteiger partial charge in [0.2, 0.25) is 5.91 Å². The molecule has 0 saturated carbocycles. The molecule has 27 heavy (non-hydrogen) atoms. The molecule has 1 aromatic carbocycles. The van der Waals surface area contributed by atoms with E-state index in [1.165, 1.54) is 29.2 Å². The molecule has 0 atom stereocenters. The van der Waals surface area contributed by atoms with E-state index < -0.39 is 26.3 Å². The van der Waals surface area contributed by atoms with Crippen molar-refractivity contribution in [3.8, 4) is 0 Å². The molecule has 0 radical (unpaired) electrons. The minimum atomic E-state index is -3.60. The molecule has 2 heterocycles. The number of amides is 2. The van der Waals surface area contributed by atoms with Crippen molar-refractivity contribution in [3.63, 3.8) is 0 Å². The highest BCUT2D eigenvalue weighted by atomic mass is 32.2. The lowest BCUT2D eigenvalue weighted by Crippen LogP contribution is -2.60. The Bertz CT molecular complexity index is 811. The highest BCUT2D eigenvalue weighted by Crippen LogP contribution is 2.32. The Morgan fingerprint density at radius 2 is 1.52 bits per heavy atom. The molecule has 0 N–H and O–H groups in total. The molecule has 148 valence electrons. The number of halogens is 1. The van der Waals surface area contributed by atoms with Crippen LogP contribution < -0.4 is 0 Å². The Kier molecular flexibility index (Phi) is 5.53. The molecule has 2 saturated heterocycles. The lowest BCUT2D eigenvalue weighted by Gasteiger charge is -2.41. The maximum atomic E-state index is 13.1. The molecular formula is C18H23FN2O5S. The van der Waals surface area contributed by atoms with Gasteiger partial charge in [0.15, 0.2) is 14.6 Å². The number of rotatable bonds is 3. The number of carbonyl (C=O) groups is 2. The molecule has 2 fully saturated rings. The van der Waals surface area contributed by atoms with Crippen molar-refractivity contribution in [2.45, 2.75) is 17.6 Å².